The summed E-state index contributed by atoms with van der Waals surface area (Å²) < 4.78 is 0. The predicted octanol–water partition coefficient (Wildman–Crippen LogP) is 2.84. The molecule has 4 nitrogen and oxygen atoms in total. The fraction of sp³-hybridized carbons (Fsp3) is 0.562. The normalized spacial score (nSPS) is 20.6. The Kier molecular flexibility index (Phi) is 6.50. The molecule has 1 saturated heterocycles. The van der Waals surface area contributed by atoms with Crippen LogP contribution in [-0.4, -0.2) is 37.0 Å². The fourth-order valence-electron chi connectivity index (χ4n) is 2.89. The summed E-state index contributed by atoms with van der Waals surface area (Å²) in [5.41, 5.74) is 6.56. The molecule has 1 fully saturated rings. The second-order valence-corrected chi connectivity index (χ2v) is 6.58. The molecule has 122 valence electrons. The Morgan fingerprint density at radius 1 is 1.45 bits per heavy atom. The van der Waals surface area contributed by atoms with E-state index in [2.05, 4.69) is 17.1 Å². The van der Waals surface area contributed by atoms with Crippen molar-refractivity contribution in [1.82, 2.24) is 10.2 Å². The number of rotatable bonds is 5. The zero-order valence-corrected chi connectivity index (χ0v) is 14.3. The molecule has 0 saturated carbocycles. The van der Waals surface area contributed by atoms with Crippen molar-refractivity contribution >= 4 is 29.1 Å². The molecular formula is C16H23Cl2N3O. The zero-order chi connectivity index (χ0) is 16.1. The number of nitrogens with two attached hydrogens (primary N) is 1. The fourth-order valence-corrected chi connectivity index (χ4v) is 3.20. The van der Waals surface area contributed by atoms with E-state index in [0.717, 1.165) is 31.5 Å². The van der Waals surface area contributed by atoms with Crippen molar-refractivity contribution in [2.75, 3.05) is 26.2 Å². The van der Waals surface area contributed by atoms with Crippen molar-refractivity contribution in [3.63, 3.8) is 0 Å². The molecule has 1 aromatic carbocycles. The standard InChI is InChI=1S/C16H23Cl2N3O/c1-11(12-4-5-14(17)15(18)9-12)21-8-2-3-13(10-21)16(22)20-7-6-19/h4-5,9,11,13H,2-3,6-8,10,19H2,1H3,(H,20,22). The lowest BCUT2D eigenvalue weighted by molar-refractivity contribution is -0.126. The molecule has 22 heavy (non-hydrogen) atoms. The van der Waals surface area contributed by atoms with Gasteiger partial charge in [0.05, 0.1) is 16.0 Å². The van der Waals surface area contributed by atoms with Crippen molar-refractivity contribution in [2.45, 2.75) is 25.8 Å². The molecule has 3 N–H and O–H groups in total. The van der Waals surface area contributed by atoms with Crippen LogP contribution in [0.3, 0.4) is 0 Å². The monoisotopic (exact) mass is 343 g/mol. The number of carbonyl (C=O) groups excluding carboxylic acids is 1. The van der Waals surface area contributed by atoms with Gasteiger partial charge in [0.1, 0.15) is 0 Å². The van der Waals surface area contributed by atoms with Crippen LogP contribution in [0.1, 0.15) is 31.4 Å². The molecular weight excluding hydrogens is 321 g/mol. The van der Waals surface area contributed by atoms with E-state index in [0.29, 0.717) is 23.1 Å². The third kappa shape index (κ3) is 4.35. The van der Waals surface area contributed by atoms with E-state index in [1.165, 1.54) is 0 Å². The summed E-state index contributed by atoms with van der Waals surface area (Å²) in [6.07, 6.45) is 1.95. The largest absolute Gasteiger partial charge is 0.355 e. The van der Waals surface area contributed by atoms with Gasteiger partial charge >= 0.3 is 0 Å². The first-order valence-electron chi connectivity index (χ1n) is 7.69. The van der Waals surface area contributed by atoms with Gasteiger partial charge in [0, 0.05) is 25.7 Å². The van der Waals surface area contributed by atoms with Gasteiger partial charge in [-0.15, -0.1) is 0 Å². The molecule has 2 atom stereocenters. The number of hydrogen-bond acceptors (Lipinski definition) is 3. The van der Waals surface area contributed by atoms with Crippen LogP contribution in [-0.2, 0) is 4.79 Å². The number of nitrogens with zero attached hydrogens (tertiary/aromatic N) is 1. The molecule has 1 aromatic rings. The maximum absolute atomic E-state index is 12.1. The Labute approximate surface area is 141 Å². The van der Waals surface area contributed by atoms with Gasteiger partial charge in [0.15, 0.2) is 0 Å². The lowest BCUT2D eigenvalue weighted by Gasteiger charge is -2.36. The second kappa shape index (κ2) is 8.16. The van der Waals surface area contributed by atoms with Crippen LogP contribution in [0, 0.1) is 5.92 Å². The van der Waals surface area contributed by atoms with Gasteiger partial charge in [0.25, 0.3) is 0 Å². The van der Waals surface area contributed by atoms with E-state index in [1.54, 1.807) is 0 Å². The van der Waals surface area contributed by atoms with E-state index in [-0.39, 0.29) is 17.9 Å². The molecule has 0 aromatic heterocycles. The van der Waals surface area contributed by atoms with Crippen molar-refractivity contribution in [3.05, 3.63) is 33.8 Å². The minimum Gasteiger partial charge on any atom is -0.355 e. The highest BCUT2D eigenvalue weighted by molar-refractivity contribution is 6.42. The second-order valence-electron chi connectivity index (χ2n) is 5.76. The van der Waals surface area contributed by atoms with Gasteiger partial charge in [-0.05, 0) is 44.0 Å². The summed E-state index contributed by atoms with van der Waals surface area (Å²) in [5, 5.41) is 4.02. The number of piperidine rings is 1. The maximum atomic E-state index is 12.1. The maximum Gasteiger partial charge on any atom is 0.224 e. The highest BCUT2D eigenvalue weighted by Gasteiger charge is 2.28. The average Bonchev–Trinajstić information content (AvgIpc) is 2.54. The zero-order valence-electron chi connectivity index (χ0n) is 12.8. The van der Waals surface area contributed by atoms with Crippen molar-refractivity contribution < 1.29 is 4.79 Å². The molecule has 6 heteroatoms. The van der Waals surface area contributed by atoms with E-state index in [1.807, 2.05) is 18.2 Å². The smallest absolute Gasteiger partial charge is 0.224 e. The first-order valence-corrected chi connectivity index (χ1v) is 8.45. The van der Waals surface area contributed by atoms with E-state index in [9.17, 15) is 4.79 Å². The van der Waals surface area contributed by atoms with Crippen molar-refractivity contribution in [2.24, 2.45) is 11.7 Å². The average molecular weight is 344 g/mol. The molecule has 2 unspecified atom stereocenters. The van der Waals surface area contributed by atoms with Gasteiger partial charge in [-0.3, -0.25) is 9.69 Å². The SMILES string of the molecule is CC(c1ccc(Cl)c(Cl)c1)N1CCCC(C(=O)NCCN)C1. The summed E-state index contributed by atoms with van der Waals surface area (Å²) in [5.74, 6) is 0.141. The van der Waals surface area contributed by atoms with Crippen LogP contribution in [0.4, 0.5) is 0 Å². The molecule has 1 aliphatic heterocycles. The number of carbonyl (C=O) groups is 1. The highest BCUT2D eigenvalue weighted by Crippen LogP contribution is 2.30. The Morgan fingerprint density at radius 3 is 2.91 bits per heavy atom. The Hall–Kier alpha value is -0.810. The number of nitrogens with one attached hydrogen (secondary N) is 1. The van der Waals surface area contributed by atoms with Crippen LogP contribution in [0.5, 0.6) is 0 Å². The van der Waals surface area contributed by atoms with E-state index < -0.39 is 0 Å². The molecule has 0 bridgehead atoms. The molecule has 0 aliphatic carbocycles. The lowest BCUT2D eigenvalue weighted by Crippen LogP contribution is -2.44. The molecule has 1 aliphatic rings. The van der Waals surface area contributed by atoms with E-state index >= 15 is 0 Å². The van der Waals surface area contributed by atoms with Gasteiger partial charge in [-0.2, -0.15) is 0 Å². The molecule has 1 amide bonds. The third-order valence-corrected chi connectivity index (χ3v) is 4.98. The predicted molar refractivity (Wildman–Crippen MR) is 91.2 cm³/mol. The summed E-state index contributed by atoms with van der Waals surface area (Å²) in [4.78, 5) is 14.5. The molecule has 0 spiro atoms. The number of benzene rings is 1. The number of likely N-dealkylation sites (tertiary alicyclic amines) is 1. The summed E-state index contributed by atoms with van der Waals surface area (Å²) in [6, 6.07) is 5.94. The topological polar surface area (TPSA) is 58.4 Å². The van der Waals surface area contributed by atoms with Gasteiger partial charge in [0.2, 0.25) is 5.91 Å². The van der Waals surface area contributed by atoms with Crippen molar-refractivity contribution in [3.8, 4) is 0 Å². The Bertz CT molecular complexity index is 524. The van der Waals surface area contributed by atoms with Gasteiger partial charge in [-0.1, -0.05) is 29.3 Å². The first-order chi connectivity index (χ1) is 10.5. The molecule has 1 heterocycles. The lowest BCUT2D eigenvalue weighted by atomic mass is 9.94. The van der Waals surface area contributed by atoms with Crippen LogP contribution >= 0.6 is 23.2 Å². The summed E-state index contributed by atoms with van der Waals surface area (Å²) in [7, 11) is 0. The van der Waals surface area contributed by atoms with Crippen LogP contribution in [0.25, 0.3) is 0 Å². The third-order valence-electron chi connectivity index (χ3n) is 4.24. The van der Waals surface area contributed by atoms with Crippen LogP contribution in [0.15, 0.2) is 18.2 Å². The quantitative estimate of drug-likeness (QED) is 0.864. The van der Waals surface area contributed by atoms with Crippen LogP contribution < -0.4 is 11.1 Å². The Morgan fingerprint density at radius 2 is 2.23 bits per heavy atom. The van der Waals surface area contributed by atoms with Gasteiger partial charge < -0.3 is 11.1 Å². The van der Waals surface area contributed by atoms with Crippen LogP contribution in [0.2, 0.25) is 10.0 Å². The first kappa shape index (κ1) is 17.5. The van der Waals surface area contributed by atoms with E-state index in [4.69, 9.17) is 28.9 Å². The Balaban J connectivity index is 2.01. The van der Waals surface area contributed by atoms with Crippen molar-refractivity contribution in [1.29, 1.82) is 0 Å². The number of amides is 1. The summed E-state index contributed by atoms with van der Waals surface area (Å²) in [6.45, 7) is 4.90. The molecule has 0 radical (unpaired) electrons. The summed E-state index contributed by atoms with van der Waals surface area (Å²) >= 11 is 12.1. The van der Waals surface area contributed by atoms with Gasteiger partial charge in [-0.25, -0.2) is 0 Å². The number of halogens is 2. The highest BCUT2D eigenvalue weighted by atomic mass is 35.5. The minimum absolute atomic E-state index is 0.0329. The molecule has 2 rings (SSSR count). The number of hydrogen-bond donors (Lipinski definition) is 2. The minimum atomic E-state index is 0.0329.